The molecular weight excluding hydrogens is 309 g/mol. The van der Waals surface area contributed by atoms with Crippen LogP contribution in [0.1, 0.15) is 28.9 Å². The quantitative estimate of drug-likeness (QED) is 0.906. The highest BCUT2D eigenvalue weighted by Gasteiger charge is 2.14. The van der Waals surface area contributed by atoms with E-state index in [0.717, 1.165) is 5.56 Å². The van der Waals surface area contributed by atoms with Crippen molar-refractivity contribution >= 4 is 21.8 Å². The van der Waals surface area contributed by atoms with Gasteiger partial charge in [-0.2, -0.15) is 0 Å². The summed E-state index contributed by atoms with van der Waals surface area (Å²) in [7, 11) is 0. The van der Waals surface area contributed by atoms with Crippen LogP contribution in [0, 0.1) is 5.82 Å². The Labute approximate surface area is 119 Å². The molecule has 98 valence electrons. The summed E-state index contributed by atoms with van der Waals surface area (Å²) in [6.07, 6.45) is 0. The predicted molar refractivity (Wildman–Crippen MR) is 76.4 cm³/mol. The molecule has 0 saturated heterocycles. The maximum Gasteiger partial charge on any atom is 0.253 e. The third-order valence-corrected chi connectivity index (χ3v) is 3.51. The standard InChI is InChI=1S/C15H13BrFNO/c1-10(11-5-3-2-4-6-11)18-15(19)13-9-12(17)7-8-14(13)16/h2-10H,1H3,(H,18,19). The number of benzene rings is 2. The lowest BCUT2D eigenvalue weighted by atomic mass is 10.1. The Hall–Kier alpha value is -1.68. The maximum atomic E-state index is 13.2. The van der Waals surface area contributed by atoms with Crippen LogP contribution in [0.4, 0.5) is 4.39 Å². The lowest BCUT2D eigenvalue weighted by molar-refractivity contribution is 0.0938. The van der Waals surface area contributed by atoms with Crippen molar-refractivity contribution in [1.82, 2.24) is 5.32 Å². The second-order valence-corrected chi connectivity index (χ2v) is 5.08. The molecule has 0 aliphatic carbocycles. The first-order valence-corrected chi connectivity index (χ1v) is 6.68. The van der Waals surface area contributed by atoms with Crippen molar-refractivity contribution in [2.45, 2.75) is 13.0 Å². The van der Waals surface area contributed by atoms with Gasteiger partial charge in [0.1, 0.15) is 5.82 Å². The topological polar surface area (TPSA) is 29.1 Å². The van der Waals surface area contributed by atoms with Crippen molar-refractivity contribution in [3.05, 3.63) is 69.9 Å². The zero-order chi connectivity index (χ0) is 13.8. The Morgan fingerprint density at radius 1 is 1.21 bits per heavy atom. The SMILES string of the molecule is CC(NC(=O)c1cc(F)ccc1Br)c1ccccc1. The summed E-state index contributed by atoms with van der Waals surface area (Å²) in [4.78, 5) is 12.1. The van der Waals surface area contributed by atoms with Gasteiger partial charge in [0.25, 0.3) is 5.91 Å². The van der Waals surface area contributed by atoms with Gasteiger partial charge in [-0.1, -0.05) is 30.3 Å². The van der Waals surface area contributed by atoms with E-state index in [4.69, 9.17) is 0 Å². The lowest BCUT2D eigenvalue weighted by Crippen LogP contribution is -2.27. The van der Waals surface area contributed by atoms with Gasteiger partial charge in [0.15, 0.2) is 0 Å². The number of carbonyl (C=O) groups excluding carboxylic acids is 1. The molecule has 2 rings (SSSR count). The molecule has 1 unspecified atom stereocenters. The van der Waals surface area contributed by atoms with Gasteiger partial charge in [0.2, 0.25) is 0 Å². The Morgan fingerprint density at radius 3 is 2.58 bits per heavy atom. The molecule has 2 nitrogen and oxygen atoms in total. The van der Waals surface area contributed by atoms with Gasteiger partial charge in [-0.15, -0.1) is 0 Å². The Bertz CT molecular complexity index is 586. The van der Waals surface area contributed by atoms with Crippen LogP contribution < -0.4 is 5.32 Å². The van der Waals surface area contributed by atoms with Gasteiger partial charge in [-0.25, -0.2) is 4.39 Å². The number of carbonyl (C=O) groups is 1. The van der Waals surface area contributed by atoms with Crippen molar-refractivity contribution in [3.8, 4) is 0 Å². The maximum absolute atomic E-state index is 13.2. The molecule has 0 radical (unpaired) electrons. The summed E-state index contributed by atoms with van der Waals surface area (Å²) in [5, 5.41) is 2.84. The van der Waals surface area contributed by atoms with Crippen molar-refractivity contribution < 1.29 is 9.18 Å². The molecule has 19 heavy (non-hydrogen) atoms. The highest BCUT2D eigenvalue weighted by atomic mass is 79.9. The minimum absolute atomic E-state index is 0.135. The fourth-order valence-corrected chi connectivity index (χ4v) is 2.20. The van der Waals surface area contributed by atoms with E-state index in [0.29, 0.717) is 10.0 Å². The highest BCUT2D eigenvalue weighted by molar-refractivity contribution is 9.10. The number of hydrogen-bond acceptors (Lipinski definition) is 1. The largest absolute Gasteiger partial charge is 0.345 e. The summed E-state index contributed by atoms with van der Waals surface area (Å²) < 4.78 is 13.7. The first-order chi connectivity index (χ1) is 9.08. The van der Waals surface area contributed by atoms with Crippen LogP contribution >= 0.6 is 15.9 Å². The van der Waals surface area contributed by atoms with Crippen LogP contribution in [0.3, 0.4) is 0 Å². The lowest BCUT2D eigenvalue weighted by Gasteiger charge is -2.15. The Balaban J connectivity index is 2.15. The second-order valence-electron chi connectivity index (χ2n) is 4.23. The van der Waals surface area contributed by atoms with Gasteiger partial charge < -0.3 is 5.32 Å². The molecule has 0 fully saturated rings. The Kier molecular flexibility index (Phi) is 4.32. The number of hydrogen-bond donors (Lipinski definition) is 1. The molecule has 0 spiro atoms. The van der Waals surface area contributed by atoms with Gasteiger partial charge in [0.05, 0.1) is 11.6 Å². The number of halogens is 2. The average molecular weight is 322 g/mol. The zero-order valence-corrected chi connectivity index (χ0v) is 11.9. The van der Waals surface area contributed by atoms with Crippen molar-refractivity contribution in [2.24, 2.45) is 0 Å². The third kappa shape index (κ3) is 3.41. The molecule has 4 heteroatoms. The van der Waals surface area contributed by atoms with Crippen molar-refractivity contribution in [1.29, 1.82) is 0 Å². The summed E-state index contributed by atoms with van der Waals surface area (Å²) in [5.41, 5.74) is 1.30. The minimum atomic E-state index is -0.430. The fourth-order valence-electron chi connectivity index (χ4n) is 1.77. The average Bonchev–Trinajstić information content (AvgIpc) is 2.42. The van der Waals surface area contributed by atoms with Crippen LogP contribution in [0.5, 0.6) is 0 Å². The monoisotopic (exact) mass is 321 g/mol. The van der Waals surface area contributed by atoms with Gasteiger partial charge in [0, 0.05) is 4.47 Å². The summed E-state index contributed by atoms with van der Waals surface area (Å²) in [6, 6.07) is 13.5. The van der Waals surface area contributed by atoms with E-state index in [2.05, 4.69) is 21.2 Å². The normalized spacial score (nSPS) is 11.9. The molecule has 2 aromatic rings. The van der Waals surface area contributed by atoms with E-state index >= 15 is 0 Å². The number of rotatable bonds is 3. The third-order valence-electron chi connectivity index (χ3n) is 2.82. The molecule has 0 aliphatic heterocycles. The van der Waals surface area contributed by atoms with Gasteiger partial charge >= 0.3 is 0 Å². The van der Waals surface area contributed by atoms with E-state index < -0.39 is 5.82 Å². The number of amides is 1. The molecule has 0 bridgehead atoms. The summed E-state index contributed by atoms with van der Waals surface area (Å²) >= 11 is 3.25. The molecule has 0 aromatic heterocycles. The van der Waals surface area contributed by atoms with Crippen molar-refractivity contribution in [2.75, 3.05) is 0 Å². The minimum Gasteiger partial charge on any atom is -0.345 e. The smallest absolute Gasteiger partial charge is 0.253 e. The molecular formula is C15H13BrFNO. The van der Waals surface area contributed by atoms with E-state index in [1.54, 1.807) is 0 Å². The van der Waals surface area contributed by atoms with E-state index in [9.17, 15) is 9.18 Å². The van der Waals surface area contributed by atoms with Crippen LogP contribution in [-0.2, 0) is 0 Å². The van der Waals surface area contributed by atoms with E-state index in [1.165, 1.54) is 18.2 Å². The molecule has 0 saturated carbocycles. The van der Waals surface area contributed by atoms with Gasteiger partial charge in [-0.3, -0.25) is 4.79 Å². The predicted octanol–water partition coefficient (Wildman–Crippen LogP) is 4.08. The summed E-state index contributed by atoms with van der Waals surface area (Å²) in [6.45, 7) is 1.89. The molecule has 0 heterocycles. The molecule has 1 atom stereocenters. The number of nitrogens with one attached hydrogen (secondary N) is 1. The zero-order valence-electron chi connectivity index (χ0n) is 10.4. The van der Waals surface area contributed by atoms with Crippen LogP contribution in [0.2, 0.25) is 0 Å². The van der Waals surface area contributed by atoms with E-state index in [-0.39, 0.29) is 11.9 Å². The van der Waals surface area contributed by atoms with Crippen LogP contribution in [0.15, 0.2) is 53.0 Å². The molecule has 0 aliphatic rings. The Morgan fingerprint density at radius 2 is 1.89 bits per heavy atom. The first-order valence-electron chi connectivity index (χ1n) is 5.89. The highest BCUT2D eigenvalue weighted by Crippen LogP contribution is 2.19. The molecule has 1 amide bonds. The van der Waals surface area contributed by atoms with Gasteiger partial charge in [-0.05, 0) is 46.6 Å². The van der Waals surface area contributed by atoms with Crippen LogP contribution in [0.25, 0.3) is 0 Å². The van der Waals surface area contributed by atoms with Crippen molar-refractivity contribution in [3.63, 3.8) is 0 Å². The van der Waals surface area contributed by atoms with Crippen LogP contribution in [-0.4, -0.2) is 5.91 Å². The molecule has 2 aromatic carbocycles. The first kappa shape index (κ1) is 13.7. The van der Waals surface area contributed by atoms with E-state index in [1.807, 2.05) is 37.3 Å². The fraction of sp³-hybridized carbons (Fsp3) is 0.133. The molecule has 1 N–H and O–H groups in total. The second kappa shape index (κ2) is 5.97. The summed E-state index contributed by atoms with van der Waals surface area (Å²) in [5.74, 6) is -0.733.